The van der Waals surface area contributed by atoms with E-state index >= 15 is 0 Å². The number of ketones is 1. The van der Waals surface area contributed by atoms with Crippen molar-refractivity contribution in [1.29, 1.82) is 0 Å². The third-order valence-corrected chi connectivity index (χ3v) is 7.17. The molecule has 150 valence electrons. The molecule has 0 saturated carbocycles. The van der Waals surface area contributed by atoms with Gasteiger partial charge in [0.2, 0.25) is 10.0 Å². The number of nitrogens with zero attached hydrogens (tertiary/aromatic N) is 2. The van der Waals surface area contributed by atoms with E-state index in [1.54, 1.807) is 16.4 Å². The lowest BCUT2D eigenvalue weighted by Gasteiger charge is -2.35. The summed E-state index contributed by atoms with van der Waals surface area (Å²) in [7, 11) is -3.64. The van der Waals surface area contributed by atoms with Gasteiger partial charge in [-0.3, -0.25) is 9.69 Å². The van der Waals surface area contributed by atoms with Gasteiger partial charge in [0, 0.05) is 51.0 Å². The Morgan fingerprint density at radius 3 is 2.26 bits per heavy atom. The highest BCUT2D eigenvalue weighted by molar-refractivity contribution is 7.89. The fourth-order valence-corrected chi connectivity index (χ4v) is 5.21. The Balaban J connectivity index is 1.79. The van der Waals surface area contributed by atoms with Crippen molar-refractivity contribution in [1.82, 2.24) is 9.21 Å². The molecule has 0 amide bonds. The molecule has 2 saturated heterocycles. The van der Waals surface area contributed by atoms with Crippen molar-refractivity contribution in [2.75, 3.05) is 52.6 Å². The summed E-state index contributed by atoms with van der Waals surface area (Å²) in [4.78, 5) is 14.0. The maximum Gasteiger partial charge on any atom is 0.243 e. The molecule has 8 heteroatoms. The summed E-state index contributed by atoms with van der Waals surface area (Å²) < 4.78 is 39.1. The third-order valence-electron chi connectivity index (χ3n) is 5.21. The molecule has 0 unspecified atom stereocenters. The molecule has 27 heavy (non-hydrogen) atoms. The van der Waals surface area contributed by atoms with Crippen molar-refractivity contribution < 1.29 is 22.7 Å². The van der Waals surface area contributed by atoms with E-state index < -0.39 is 10.0 Å². The zero-order chi connectivity index (χ0) is 19.3. The van der Waals surface area contributed by atoms with E-state index in [2.05, 4.69) is 4.90 Å². The molecule has 1 aromatic rings. The van der Waals surface area contributed by atoms with Gasteiger partial charge in [0.05, 0.1) is 18.1 Å². The van der Waals surface area contributed by atoms with Gasteiger partial charge in [-0.25, -0.2) is 8.42 Å². The van der Waals surface area contributed by atoms with E-state index in [4.69, 9.17) is 9.47 Å². The van der Waals surface area contributed by atoms with Crippen molar-refractivity contribution in [2.24, 2.45) is 0 Å². The van der Waals surface area contributed by atoms with Crippen LogP contribution in [0.5, 0.6) is 0 Å². The monoisotopic (exact) mass is 396 g/mol. The highest BCUT2D eigenvalue weighted by atomic mass is 32.2. The summed E-state index contributed by atoms with van der Waals surface area (Å²) in [5.74, 6) is -0.0763. The Morgan fingerprint density at radius 1 is 1.07 bits per heavy atom. The minimum atomic E-state index is -3.64. The molecule has 3 rings (SSSR count). The lowest BCUT2D eigenvalue weighted by molar-refractivity contribution is 0.0291. The second kappa shape index (κ2) is 9.25. The zero-order valence-electron chi connectivity index (χ0n) is 15.8. The molecule has 2 fully saturated rings. The van der Waals surface area contributed by atoms with Crippen molar-refractivity contribution in [3.05, 3.63) is 29.8 Å². The normalized spacial score (nSPS) is 20.1. The van der Waals surface area contributed by atoms with Gasteiger partial charge < -0.3 is 9.47 Å². The smallest absolute Gasteiger partial charge is 0.243 e. The lowest BCUT2D eigenvalue weighted by atomic mass is 10.1. The number of hydrogen-bond donors (Lipinski definition) is 0. The summed E-state index contributed by atoms with van der Waals surface area (Å²) in [6.45, 7) is 6.80. The first kappa shape index (κ1) is 20.4. The number of Topliss-reactive ketones (excluding diaryl/α,β-unsaturated/α-hetero) is 1. The molecule has 0 radical (unpaired) electrons. The molecule has 0 atom stereocenters. The predicted octanol–water partition coefficient (Wildman–Crippen LogP) is 1.39. The Bertz CT molecular complexity index is 723. The molecule has 1 aromatic carbocycles. The van der Waals surface area contributed by atoms with Gasteiger partial charge in [0.1, 0.15) is 0 Å². The summed E-state index contributed by atoms with van der Waals surface area (Å²) in [5, 5.41) is 0. The van der Waals surface area contributed by atoms with Crippen LogP contribution >= 0.6 is 0 Å². The summed E-state index contributed by atoms with van der Waals surface area (Å²) in [6.07, 6.45) is 1.40. The zero-order valence-corrected chi connectivity index (χ0v) is 16.6. The molecule has 2 aliphatic heterocycles. The highest BCUT2D eigenvalue weighted by Crippen LogP contribution is 2.24. The minimum Gasteiger partial charge on any atom is -0.381 e. The first-order valence-electron chi connectivity index (χ1n) is 9.49. The molecule has 0 bridgehead atoms. The molecular weight excluding hydrogens is 368 g/mol. The standard InChI is InChI=1S/C19H28N2O5S/c1-16(22)17-2-4-19(5-3-17)27(23,24)21(18-6-12-25-13-7-18)9-8-20-10-14-26-15-11-20/h2-5,18H,6-15H2,1H3. The molecular formula is C19H28N2O5S. The fourth-order valence-electron chi connectivity index (χ4n) is 3.53. The van der Waals surface area contributed by atoms with Gasteiger partial charge in [0.15, 0.2) is 5.78 Å². The average molecular weight is 397 g/mol. The van der Waals surface area contributed by atoms with Crippen LogP contribution in [0.15, 0.2) is 29.2 Å². The van der Waals surface area contributed by atoms with Crippen molar-refractivity contribution in [3.8, 4) is 0 Å². The average Bonchev–Trinajstić information content (AvgIpc) is 2.69. The van der Waals surface area contributed by atoms with Gasteiger partial charge in [-0.2, -0.15) is 4.31 Å². The number of hydrogen-bond acceptors (Lipinski definition) is 6. The third kappa shape index (κ3) is 5.14. The number of benzene rings is 1. The number of sulfonamides is 1. The van der Waals surface area contributed by atoms with E-state index in [1.165, 1.54) is 19.1 Å². The minimum absolute atomic E-state index is 0.0581. The largest absolute Gasteiger partial charge is 0.381 e. The van der Waals surface area contributed by atoms with Crippen LogP contribution in [0.25, 0.3) is 0 Å². The predicted molar refractivity (Wildman–Crippen MR) is 101 cm³/mol. The molecule has 2 heterocycles. The van der Waals surface area contributed by atoms with E-state index in [0.29, 0.717) is 57.9 Å². The number of morpholine rings is 1. The first-order valence-corrected chi connectivity index (χ1v) is 10.9. The summed E-state index contributed by atoms with van der Waals surface area (Å²) in [5.41, 5.74) is 0.514. The Morgan fingerprint density at radius 2 is 1.67 bits per heavy atom. The second-order valence-electron chi connectivity index (χ2n) is 6.99. The van der Waals surface area contributed by atoms with Gasteiger partial charge in [-0.15, -0.1) is 0 Å². The van der Waals surface area contributed by atoms with Gasteiger partial charge in [0.25, 0.3) is 0 Å². The molecule has 0 aliphatic carbocycles. The quantitative estimate of drug-likeness (QED) is 0.649. The van der Waals surface area contributed by atoms with Gasteiger partial charge in [-0.05, 0) is 31.9 Å². The molecule has 7 nitrogen and oxygen atoms in total. The van der Waals surface area contributed by atoms with E-state index in [9.17, 15) is 13.2 Å². The highest BCUT2D eigenvalue weighted by Gasteiger charge is 2.33. The van der Waals surface area contributed by atoms with Crippen LogP contribution < -0.4 is 0 Å². The Labute approximate surface area is 161 Å². The number of ether oxygens (including phenoxy) is 2. The summed E-state index contributed by atoms with van der Waals surface area (Å²) >= 11 is 0. The van der Waals surface area contributed by atoms with Gasteiger partial charge >= 0.3 is 0 Å². The van der Waals surface area contributed by atoms with Crippen LogP contribution in [0.1, 0.15) is 30.1 Å². The molecule has 0 spiro atoms. The van der Waals surface area contributed by atoms with Crippen LogP contribution in [0.2, 0.25) is 0 Å². The van der Waals surface area contributed by atoms with E-state index in [1.807, 2.05) is 0 Å². The first-order chi connectivity index (χ1) is 13.0. The number of carbonyl (C=O) groups excluding carboxylic acids is 1. The Hall–Kier alpha value is -1.32. The number of carbonyl (C=O) groups is 1. The van der Waals surface area contributed by atoms with Crippen LogP contribution in [0.3, 0.4) is 0 Å². The van der Waals surface area contributed by atoms with Crippen LogP contribution in [-0.2, 0) is 19.5 Å². The molecule has 2 aliphatic rings. The fraction of sp³-hybridized carbons (Fsp3) is 0.632. The van der Waals surface area contributed by atoms with Crippen LogP contribution in [0.4, 0.5) is 0 Å². The van der Waals surface area contributed by atoms with Crippen molar-refractivity contribution >= 4 is 15.8 Å². The molecule has 0 aromatic heterocycles. The maximum absolute atomic E-state index is 13.3. The second-order valence-corrected chi connectivity index (χ2v) is 8.88. The lowest BCUT2D eigenvalue weighted by Crippen LogP contribution is -2.48. The maximum atomic E-state index is 13.3. The van der Waals surface area contributed by atoms with Crippen LogP contribution in [-0.4, -0.2) is 82.1 Å². The van der Waals surface area contributed by atoms with E-state index in [-0.39, 0.29) is 16.7 Å². The van der Waals surface area contributed by atoms with Crippen molar-refractivity contribution in [3.63, 3.8) is 0 Å². The molecule has 0 N–H and O–H groups in total. The van der Waals surface area contributed by atoms with Gasteiger partial charge in [-0.1, -0.05) is 12.1 Å². The van der Waals surface area contributed by atoms with E-state index in [0.717, 1.165) is 13.1 Å². The Kier molecular flexibility index (Phi) is 6.99. The van der Waals surface area contributed by atoms with Crippen molar-refractivity contribution in [2.45, 2.75) is 30.7 Å². The SMILES string of the molecule is CC(=O)c1ccc(S(=O)(=O)N(CCN2CCOCC2)C2CCOCC2)cc1. The van der Waals surface area contributed by atoms with Crippen LogP contribution in [0, 0.1) is 0 Å². The topological polar surface area (TPSA) is 76.2 Å². The summed E-state index contributed by atoms with van der Waals surface area (Å²) in [6, 6.07) is 6.18. The number of rotatable bonds is 7.